The molecular formula is C17H16N2O3S. The van der Waals surface area contributed by atoms with Crippen LogP contribution < -0.4 is 5.56 Å². The van der Waals surface area contributed by atoms with Crippen molar-refractivity contribution in [3.05, 3.63) is 39.0 Å². The number of H-pyrrole nitrogens is 1. The minimum Gasteiger partial charge on any atom is -0.504 e. The van der Waals surface area contributed by atoms with E-state index in [-0.39, 0.29) is 17.1 Å². The van der Waals surface area contributed by atoms with Crippen molar-refractivity contribution in [1.82, 2.24) is 9.97 Å². The maximum absolute atomic E-state index is 12.6. The van der Waals surface area contributed by atoms with E-state index in [9.17, 15) is 15.0 Å². The van der Waals surface area contributed by atoms with Gasteiger partial charge in [-0.2, -0.15) is 0 Å². The lowest BCUT2D eigenvalue weighted by molar-refractivity contribution is 0.404. The quantitative estimate of drug-likeness (QED) is 0.472. The molecule has 0 atom stereocenters. The molecule has 1 aliphatic carbocycles. The van der Waals surface area contributed by atoms with Gasteiger partial charge in [0.1, 0.15) is 10.7 Å². The highest BCUT2D eigenvalue weighted by atomic mass is 32.1. The summed E-state index contributed by atoms with van der Waals surface area (Å²) in [6.07, 6.45) is 5.45. The first-order chi connectivity index (χ1) is 11.1. The van der Waals surface area contributed by atoms with Gasteiger partial charge in [0.05, 0.1) is 5.39 Å². The summed E-state index contributed by atoms with van der Waals surface area (Å²) in [5, 5.41) is 19.8. The number of phenolic OH excluding ortho intramolecular Hbond substituents is 2. The summed E-state index contributed by atoms with van der Waals surface area (Å²) in [4.78, 5) is 22.0. The molecule has 23 heavy (non-hydrogen) atoms. The van der Waals surface area contributed by atoms with Gasteiger partial charge in [-0.3, -0.25) is 4.79 Å². The van der Waals surface area contributed by atoms with Crippen molar-refractivity contribution < 1.29 is 10.2 Å². The maximum Gasteiger partial charge on any atom is 0.260 e. The predicted octanol–water partition coefficient (Wildman–Crippen LogP) is 3.33. The molecule has 1 aliphatic rings. The van der Waals surface area contributed by atoms with Crippen LogP contribution in [0.2, 0.25) is 0 Å². The molecule has 0 saturated carbocycles. The Morgan fingerprint density at radius 1 is 1.09 bits per heavy atom. The molecule has 0 unspecified atom stereocenters. The van der Waals surface area contributed by atoms with Crippen LogP contribution in [0.3, 0.4) is 0 Å². The number of rotatable bonds is 1. The number of nitrogens with one attached hydrogen (secondary N) is 1. The van der Waals surface area contributed by atoms with Gasteiger partial charge in [0.25, 0.3) is 5.56 Å². The normalized spacial score (nSPS) is 14.6. The third-order valence-corrected chi connectivity index (χ3v) is 5.51. The van der Waals surface area contributed by atoms with E-state index in [4.69, 9.17) is 0 Å². The Morgan fingerprint density at radius 2 is 1.91 bits per heavy atom. The van der Waals surface area contributed by atoms with Gasteiger partial charge < -0.3 is 15.2 Å². The average Bonchev–Trinajstić information content (AvgIpc) is 2.72. The molecule has 2 heterocycles. The molecule has 4 rings (SSSR count). The van der Waals surface area contributed by atoms with Crippen molar-refractivity contribution in [2.24, 2.45) is 0 Å². The van der Waals surface area contributed by atoms with Crippen LogP contribution >= 0.6 is 11.3 Å². The fourth-order valence-electron chi connectivity index (χ4n) is 3.15. The highest BCUT2D eigenvalue weighted by molar-refractivity contribution is 7.18. The number of aromatic amines is 1. The average molecular weight is 328 g/mol. The fraction of sp³-hybridized carbons (Fsp3) is 0.294. The molecule has 0 saturated heterocycles. The Kier molecular flexibility index (Phi) is 3.34. The van der Waals surface area contributed by atoms with E-state index < -0.39 is 0 Å². The van der Waals surface area contributed by atoms with Crippen LogP contribution in [0.5, 0.6) is 11.5 Å². The molecule has 6 heteroatoms. The molecule has 0 radical (unpaired) electrons. The first-order valence-corrected chi connectivity index (χ1v) is 8.52. The van der Waals surface area contributed by atoms with Crippen LogP contribution in [-0.4, -0.2) is 20.2 Å². The monoisotopic (exact) mass is 328 g/mol. The van der Waals surface area contributed by atoms with Gasteiger partial charge in [-0.05, 0) is 49.4 Å². The third-order valence-electron chi connectivity index (χ3n) is 4.32. The number of aromatic nitrogens is 2. The fourth-order valence-corrected chi connectivity index (χ4v) is 4.41. The van der Waals surface area contributed by atoms with E-state index in [1.54, 1.807) is 17.4 Å². The van der Waals surface area contributed by atoms with Crippen LogP contribution in [-0.2, 0) is 12.8 Å². The molecule has 3 N–H and O–H groups in total. The standard InChI is InChI=1S/C17H16N2O3S/c20-11-7-6-9(8-12(11)21)15-18-16(22)14-10-4-2-1-3-5-13(10)23-17(14)19-15/h6-8,20-21H,1-5H2,(H,18,19,22). The lowest BCUT2D eigenvalue weighted by Crippen LogP contribution is -2.10. The first kappa shape index (κ1) is 14.3. The molecular weight excluding hydrogens is 312 g/mol. The first-order valence-electron chi connectivity index (χ1n) is 7.70. The molecule has 0 fully saturated rings. The van der Waals surface area contributed by atoms with Crippen molar-refractivity contribution in [3.63, 3.8) is 0 Å². The minimum absolute atomic E-state index is 0.128. The zero-order valence-corrected chi connectivity index (χ0v) is 13.2. The Balaban J connectivity index is 1.90. The largest absolute Gasteiger partial charge is 0.504 e. The summed E-state index contributed by atoms with van der Waals surface area (Å²) in [7, 11) is 0. The molecule has 0 aliphatic heterocycles. The van der Waals surface area contributed by atoms with E-state index >= 15 is 0 Å². The second kappa shape index (κ2) is 5.38. The summed E-state index contributed by atoms with van der Waals surface area (Å²) < 4.78 is 0. The van der Waals surface area contributed by atoms with Gasteiger partial charge >= 0.3 is 0 Å². The number of phenols is 2. The third kappa shape index (κ3) is 2.39. The number of benzene rings is 1. The van der Waals surface area contributed by atoms with Crippen LogP contribution in [0.1, 0.15) is 29.7 Å². The van der Waals surface area contributed by atoms with Gasteiger partial charge in [-0.15, -0.1) is 11.3 Å². The van der Waals surface area contributed by atoms with Crippen molar-refractivity contribution >= 4 is 21.6 Å². The van der Waals surface area contributed by atoms with Crippen molar-refractivity contribution in [2.75, 3.05) is 0 Å². The van der Waals surface area contributed by atoms with Crippen molar-refractivity contribution in [3.8, 4) is 22.9 Å². The number of thiophene rings is 1. The Morgan fingerprint density at radius 3 is 2.74 bits per heavy atom. The van der Waals surface area contributed by atoms with Gasteiger partial charge in [-0.25, -0.2) is 4.98 Å². The molecule has 1 aromatic carbocycles. The van der Waals surface area contributed by atoms with E-state index in [0.717, 1.165) is 41.5 Å². The van der Waals surface area contributed by atoms with Gasteiger partial charge in [-0.1, -0.05) is 6.42 Å². The Bertz CT molecular complexity index is 958. The summed E-state index contributed by atoms with van der Waals surface area (Å²) in [5.41, 5.74) is 1.61. The van der Waals surface area contributed by atoms with Crippen LogP contribution in [0.15, 0.2) is 23.0 Å². The number of fused-ring (bicyclic) bond motifs is 3. The van der Waals surface area contributed by atoms with Gasteiger partial charge in [0.15, 0.2) is 11.5 Å². The lowest BCUT2D eigenvalue weighted by Gasteiger charge is -2.04. The molecule has 118 valence electrons. The highest BCUT2D eigenvalue weighted by Gasteiger charge is 2.19. The number of hydrogen-bond acceptors (Lipinski definition) is 5. The summed E-state index contributed by atoms with van der Waals surface area (Å²) in [5.74, 6) is -0.0126. The molecule has 0 amide bonds. The Hall–Kier alpha value is -2.34. The number of aryl methyl sites for hydroxylation is 2. The lowest BCUT2D eigenvalue weighted by atomic mass is 10.1. The zero-order chi connectivity index (χ0) is 16.0. The molecule has 2 aromatic heterocycles. The summed E-state index contributed by atoms with van der Waals surface area (Å²) in [6, 6.07) is 4.41. The molecule has 5 nitrogen and oxygen atoms in total. The molecule has 3 aromatic rings. The van der Waals surface area contributed by atoms with E-state index in [0.29, 0.717) is 11.4 Å². The Labute approximate surface area is 136 Å². The van der Waals surface area contributed by atoms with E-state index in [1.807, 2.05) is 0 Å². The van der Waals surface area contributed by atoms with Crippen molar-refractivity contribution in [2.45, 2.75) is 32.1 Å². The number of aromatic hydroxyl groups is 2. The van der Waals surface area contributed by atoms with Crippen LogP contribution in [0.4, 0.5) is 0 Å². The second-order valence-electron chi connectivity index (χ2n) is 5.86. The number of nitrogens with zero attached hydrogens (tertiary/aromatic N) is 1. The van der Waals surface area contributed by atoms with Crippen molar-refractivity contribution in [1.29, 1.82) is 0 Å². The smallest absolute Gasteiger partial charge is 0.260 e. The summed E-state index contributed by atoms with van der Waals surface area (Å²) >= 11 is 1.60. The molecule has 0 spiro atoms. The van der Waals surface area contributed by atoms with E-state index in [1.165, 1.54) is 23.4 Å². The highest BCUT2D eigenvalue weighted by Crippen LogP contribution is 2.34. The number of hydrogen-bond donors (Lipinski definition) is 3. The van der Waals surface area contributed by atoms with Gasteiger partial charge in [0.2, 0.25) is 0 Å². The predicted molar refractivity (Wildman–Crippen MR) is 90.3 cm³/mol. The molecule has 0 bridgehead atoms. The zero-order valence-electron chi connectivity index (χ0n) is 12.4. The minimum atomic E-state index is -0.229. The summed E-state index contributed by atoms with van der Waals surface area (Å²) in [6.45, 7) is 0. The van der Waals surface area contributed by atoms with E-state index in [2.05, 4.69) is 9.97 Å². The van der Waals surface area contributed by atoms with Crippen LogP contribution in [0.25, 0.3) is 21.6 Å². The topological polar surface area (TPSA) is 86.2 Å². The maximum atomic E-state index is 12.6. The second-order valence-corrected chi connectivity index (χ2v) is 6.95. The SMILES string of the molecule is O=c1[nH]c(-c2ccc(O)c(O)c2)nc2sc3c(c12)CCCCC3. The van der Waals surface area contributed by atoms with Crippen LogP contribution in [0, 0.1) is 0 Å². The van der Waals surface area contributed by atoms with Gasteiger partial charge in [0, 0.05) is 10.4 Å².